The maximum absolute atomic E-state index is 7.04. The first-order chi connectivity index (χ1) is 28.7. The van der Waals surface area contributed by atoms with Crippen molar-refractivity contribution in [3.63, 3.8) is 0 Å². The second-order valence-corrected chi connectivity index (χ2v) is 15.5. The number of benzene rings is 11. The fourth-order valence-electron chi connectivity index (χ4n) is 9.79. The van der Waals surface area contributed by atoms with Crippen LogP contribution in [0.1, 0.15) is 0 Å². The van der Waals surface area contributed by atoms with Gasteiger partial charge in [0.25, 0.3) is 0 Å². The van der Waals surface area contributed by atoms with Gasteiger partial charge in [0.2, 0.25) is 0 Å². The third kappa shape index (κ3) is 4.48. The molecular weight excluding hydrogens is 705 g/mol. The summed E-state index contributed by atoms with van der Waals surface area (Å²) in [6, 6.07) is 70.3. The molecule has 0 N–H and O–H groups in total. The third-order valence-electron chi connectivity index (χ3n) is 12.4. The number of hydrogen-bond donors (Lipinski definition) is 0. The van der Waals surface area contributed by atoms with Crippen molar-refractivity contribution >= 4 is 87.0 Å². The van der Waals surface area contributed by atoms with Crippen LogP contribution in [-0.4, -0.2) is 0 Å². The number of para-hydroxylation sites is 1. The first-order valence-corrected chi connectivity index (χ1v) is 19.9. The van der Waals surface area contributed by atoms with Crippen molar-refractivity contribution in [2.45, 2.75) is 0 Å². The molecule has 0 aliphatic heterocycles. The molecule has 0 fully saturated rings. The summed E-state index contributed by atoms with van der Waals surface area (Å²) in [6.07, 6.45) is 0. The molecule has 0 saturated carbocycles. The highest BCUT2D eigenvalue weighted by Gasteiger charge is 2.22. The van der Waals surface area contributed by atoms with Gasteiger partial charge in [-0.15, -0.1) is 0 Å². The molecule has 58 heavy (non-hydrogen) atoms. The van der Waals surface area contributed by atoms with Crippen LogP contribution in [0, 0.1) is 0 Å². The second kappa shape index (κ2) is 11.9. The molecule has 2 aromatic heterocycles. The standard InChI is InChI=1S/C56H32O2/c1-2-10-33(11-3-1)40-24-20-34-23-27-45-43(25-21-35-22-26-44(40)52(34)53(35)45)46-29-28-42(56-55(46)48-31-36-12-4-5-13-37(36)32-51(48)58-56)39-15-8-14-38(30-39)41-17-9-19-50-54(41)47-16-6-7-18-49(47)57-50/h1-32H. The van der Waals surface area contributed by atoms with E-state index in [4.69, 9.17) is 8.83 Å². The van der Waals surface area contributed by atoms with E-state index in [2.05, 4.69) is 182 Å². The van der Waals surface area contributed by atoms with E-state index in [1.165, 1.54) is 60.0 Å². The summed E-state index contributed by atoms with van der Waals surface area (Å²) in [7, 11) is 0. The Morgan fingerprint density at radius 3 is 1.67 bits per heavy atom. The van der Waals surface area contributed by atoms with Gasteiger partial charge in [0.1, 0.15) is 22.3 Å². The Kier molecular flexibility index (Phi) is 6.47. The smallest absolute Gasteiger partial charge is 0.143 e. The maximum Gasteiger partial charge on any atom is 0.143 e. The van der Waals surface area contributed by atoms with Crippen LogP contribution in [0.5, 0.6) is 0 Å². The first kappa shape index (κ1) is 31.5. The topological polar surface area (TPSA) is 26.3 Å². The molecule has 13 aromatic rings. The summed E-state index contributed by atoms with van der Waals surface area (Å²) in [5.74, 6) is 0. The molecule has 0 aliphatic rings. The second-order valence-electron chi connectivity index (χ2n) is 15.5. The van der Waals surface area contributed by atoms with E-state index in [9.17, 15) is 0 Å². The molecule has 0 bridgehead atoms. The number of furan rings is 2. The molecule has 0 saturated heterocycles. The summed E-state index contributed by atoms with van der Waals surface area (Å²) in [5, 5.41) is 14.5. The summed E-state index contributed by atoms with van der Waals surface area (Å²) in [6.45, 7) is 0. The summed E-state index contributed by atoms with van der Waals surface area (Å²) in [5.41, 5.74) is 12.9. The molecule has 2 heteroatoms. The molecule has 0 aliphatic carbocycles. The fourth-order valence-corrected chi connectivity index (χ4v) is 9.79. The van der Waals surface area contributed by atoms with E-state index in [0.717, 1.165) is 71.5 Å². The van der Waals surface area contributed by atoms with Gasteiger partial charge in [0.15, 0.2) is 0 Å². The van der Waals surface area contributed by atoms with Crippen molar-refractivity contribution in [3.05, 3.63) is 194 Å². The van der Waals surface area contributed by atoms with Gasteiger partial charge in [-0.1, -0.05) is 158 Å². The van der Waals surface area contributed by atoms with Gasteiger partial charge in [-0.05, 0) is 118 Å². The number of hydrogen-bond acceptors (Lipinski definition) is 2. The van der Waals surface area contributed by atoms with Crippen molar-refractivity contribution in [3.8, 4) is 44.5 Å². The Morgan fingerprint density at radius 2 is 0.845 bits per heavy atom. The highest BCUT2D eigenvalue weighted by molar-refractivity contribution is 6.29. The lowest BCUT2D eigenvalue weighted by Gasteiger charge is -2.17. The molecule has 11 aromatic carbocycles. The van der Waals surface area contributed by atoms with Gasteiger partial charge in [0, 0.05) is 27.1 Å². The van der Waals surface area contributed by atoms with Crippen LogP contribution in [0.3, 0.4) is 0 Å². The molecule has 2 heterocycles. The normalized spacial score (nSPS) is 12.1. The number of rotatable bonds is 4. The molecule has 0 atom stereocenters. The van der Waals surface area contributed by atoms with Crippen LogP contribution in [-0.2, 0) is 0 Å². The maximum atomic E-state index is 7.04. The average molecular weight is 737 g/mol. The quantitative estimate of drug-likeness (QED) is 0.168. The van der Waals surface area contributed by atoms with Crippen LogP contribution in [0.4, 0.5) is 0 Å². The zero-order valence-electron chi connectivity index (χ0n) is 31.3. The lowest BCUT2D eigenvalue weighted by molar-refractivity contribution is 0.669. The molecule has 0 unspecified atom stereocenters. The van der Waals surface area contributed by atoms with E-state index >= 15 is 0 Å². The zero-order valence-corrected chi connectivity index (χ0v) is 31.3. The van der Waals surface area contributed by atoms with Gasteiger partial charge in [0.05, 0.1) is 0 Å². The van der Waals surface area contributed by atoms with Crippen LogP contribution in [0.15, 0.2) is 203 Å². The summed E-state index contributed by atoms with van der Waals surface area (Å²) < 4.78 is 13.3. The van der Waals surface area contributed by atoms with Gasteiger partial charge in [-0.25, -0.2) is 0 Å². The minimum Gasteiger partial charge on any atom is -0.456 e. The lowest BCUT2D eigenvalue weighted by Crippen LogP contribution is -1.90. The van der Waals surface area contributed by atoms with Crippen molar-refractivity contribution in [1.29, 1.82) is 0 Å². The van der Waals surface area contributed by atoms with E-state index in [0.29, 0.717) is 0 Å². The minimum absolute atomic E-state index is 0.887. The number of fused-ring (bicyclic) bond motifs is 7. The Morgan fingerprint density at radius 1 is 0.241 bits per heavy atom. The third-order valence-corrected chi connectivity index (χ3v) is 12.4. The molecule has 0 radical (unpaired) electrons. The zero-order chi connectivity index (χ0) is 37.9. The highest BCUT2D eigenvalue weighted by atomic mass is 16.3. The fraction of sp³-hybridized carbons (Fsp3) is 0. The van der Waals surface area contributed by atoms with Crippen LogP contribution < -0.4 is 0 Å². The van der Waals surface area contributed by atoms with Crippen molar-refractivity contribution in [2.75, 3.05) is 0 Å². The highest BCUT2D eigenvalue weighted by Crippen LogP contribution is 2.48. The first-order valence-electron chi connectivity index (χ1n) is 19.9. The van der Waals surface area contributed by atoms with E-state index in [1.807, 2.05) is 12.1 Å². The minimum atomic E-state index is 0.887. The van der Waals surface area contributed by atoms with Crippen molar-refractivity contribution in [1.82, 2.24) is 0 Å². The largest absolute Gasteiger partial charge is 0.456 e. The van der Waals surface area contributed by atoms with Crippen LogP contribution in [0.2, 0.25) is 0 Å². The predicted octanol–water partition coefficient (Wildman–Crippen LogP) is 16.2. The lowest BCUT2D eigenvalue weighted by atomic mass is 9.86. The molecule has 268 valence electrons. The van der Waals surface area contributed by atoms with Crippen molar-refractivity contribution in [2.24, 2.45) is 0 Å². The molecule has 0 amide bonds. The monoisotopic (exact) mass is 736 g/mol. The molecular formula is C56H32O2. The Balaban J connectivity index is 1.07. The average Bonchev–Trinajstić information content (AvgIpc) is 3.86. The van der Waals surface area contributed by atoms with Crippen molar-refractivity contribution < 1.29 is 8.83 Å². The van der Waals surface area contributed by atoms with Gasteiger partial charge in [-0.3, -0.25) is 0 Å². The Hall–Kier alpha value is -7.68. The van der Waals surface area contributed by atoms with Gasteiger partial charge < -0.3 is 8.83 Å². The van der Waals surface area contributed by atoms with Gasteiger partial charge in [-0.2, -0.15) is 0 Å². The van der Waals surface area contributed by atoms with E-state index in [1.54, 1.807) is 0 Å². The molecule has 0 spiro atoms. The predicted molar refractivity (Wildman–Crippen MR) is 244 cm³/mol. The summed E-state index contributed by atoms with van der Waals surface area (Å²) in [4.78, 5) is 0. The van der Waals surface area contributed by atoms with Gasteiger partial charge >= 0.3 is 0 Å². The van der Waals surface area contributed by atoms with Crippen LogP contribution >= 0.6 is 0 Å². The Bertz CT molecular complexity index is 3790. The molecule has 2 nitrogen and oxygen atoms in total. The SMILES string of the molecule is c1ccc(-c2ccc3ccc4c(-c5ccc(-c6cccc(-c7cccc8oc9ccccc9c78)c6)c6oc7cc8ccccc8cc7c56)ccc5ccc2c3c54)cc1. The Labute approximate surface area is 333 Å². The van der Waals surface area contributed by atoms with E-state index < -0.39 is 0 Å². The summed E-state index contributed by atoms with van der Waals surface area (Å²) >= 11 is 0. The van der Waals surface area contributed by atoms with E-state index in [-0.39, 0.29) is 0 Å². The van der Waals surface area contributed by atoms with Crippen LogP contribution in [0.25, 0.3) is 131 Å². The molecule has 13 rings (SSSR count).